The number of nitrogens with one attached hydrogen (secondary N) is 1. The number of aliphatic hydroxyl groups is 3. The van der Waals surface area contributed by atoms with Gasteiger partial charge in [-0.05, 0) is 0 Å². The molecule has 0 aromatic carbocycles. The van der Waals surface area contributed by atoms with E-state index < -0.39 is 99.1 Å². The number of nitrogens with zero attached hydrogens (tertiary/aromatic N) is 7. The maximum atomic E-state index is 13.1. The van der Waals surface area contributed by atoms with Gasteiger partial charge in [-0.2, -0.15) is 4.98 Å². The van der Waals surface area contributed by atoms with E-state index in [-0.39, 0.29) is 34.1 Å². The fourth-order valence-corrected chi connectivity index (χ4v) is 9.05. The van der Waals surface area contributed by atoms with Crippen molar-refractivity contribution in [2.24, 2.45) is 0 Å². The van der Waals surface area contributed by atoms with Crippen LogP contribution >= 0.6 is 31.3 Å². The number of aromatic amines is 1. The van der Waals surface area contributed by atoms with E-state index in [1.807, 2.05) is 0 Å². The Morgan fingerprint density at radius 1 is 0.759 bits per heavy atom. The predicted octanol–water partition coefficient (Wildman–Crippen LogP) is -6.31. The number of H-pyrrole nitrogens is 1. The van der Waals surface area contributed by atoms with Gasteiger partial charge < -0.3 is 78.9 Å². The van der Waals surface area contributed by atoms with Crippen molar-refractivity contribution in [3.05, 3.63) is 29.3 Å². The Morgan fingerprint density at radius 3 is 2.02 bits per heavy atom. The second-order valence-corrected chi connectivity index (χ2v) is 16.7. The Kier molecular flexibility index (Phi) is 11.0. The van der Waals surface area contributed by atoms with E-state index >= 15 is 0 Å². The highest BCUT2D eigenvalue weighted by molar-refractivity contribution is 7.64. The second kappa shape index (κ2) is 14.7. The summed E-state index contributed by atoms with van der Waals surface area (Å²) >= 11 is 0. The van der Waals surface area contributed by atoms with Crippen molar-refractivity contribution in [3.63, 3.8) is 0 Å². The molecule has 34 heteroatoms. The molecular formula is C20H23N10O20P4-5. The number of phosphoric acid groups is 4. The number of rotatable bonds is 14. The fraction of sp³-hybridized carbons (Fsp3) is 0.500. The van der Waals surface area contributed by atoms with Crippen LogP contribution in [0, 0.1) is 0 Å². The molecule has 6 heterocycles. The summed E-state index contributed by atoms with van der Waals surface area (Å²) in [5.41, 5.74) is 10.1. The molecule has 30 nitrogen and oxygen atoms in total. The largest absolute Gasteiger partial charge is 0.790 e. The van der Waals surface area contributed by atoms with Crippen molar-refractivity contribution in [2.45, 2.75) is 49.1 Å². The first-order valence-electron chi connectivity index (χ1n) is 14.4. The zero-order valence-electron chi connectivity index (χ0n) is 26.1. The Labute approximate surface area is 297 Å². The summed E-state index contributed by atoms with van der Waals surface area (Å²) in [6.07, 6.45) is -11.7. The third-order valence-electron chi connectivity index (χ3n) is 7.48. The van der Waals surface area contributed by atoms with Gasteiger partial charge in [0.05, 0.1) is 33.7 Å². The smallest absolute Gasteiger partial charge is 0.280 e. The molecule has 2 saturated heterocycles. The van der Waals surface area contributed by atoms with Crippen LogP contribution in [0.4, 0.5) is 11.8 Å². The van der Waals surface area contributed by atoms with E-state index in [9.17, 15) is 62.8 Å². The number of hydrogen-bond donors (Lipinski definition) is 6. The summed E-state index contributed by atoms with van der Waals surface area (Å²) < 4.78 is 81.4. The maximum Gasteiger partial charge on any atom is 0.280 e. The van der Waals surface area contributed by atoms with E-state index in [4.69, 9.17) is 30.0 Å². The van der Waals surface area contributed by atoms with Crippen molar-refractivity contribution in [2.75, 3.05) is 24.7 Å². The first-order chi connectivity index (χ1) is 25.0. The van der Waals surface area contributed by atoms with Gasteiger partial charge in [-0.25, -0.2) is 24.2 Å². The molecule has 0 aliphatic carbocycles. The average molecular weight is 847 g/mol. The summed E-state index contributed by atoms with van der Waals surface area (Å²) in [6, 6.07) is 0. The van der Waals surface area contributed by atoms with Gasteiger partial charge in [0.1, 0.15) is 48.5 Å². The van der Waals surface area contributed by atoms with Crippen LogP contribution in [0.2, 0.25) is 0 Å². The highest BCUT2D eigenvalue weighted by Crippen LogP contribution is 2.60. The number of anilines is 2. The van der Waals surface area contributed by atoms with E-state index in [2.05, 4.69) is 43.0 Å². The van der Waals surface area contributed by atoms with Gasteiger partial charge in [0, 0.05) is 0 Å². The molecule has 2 fully saturated rings. The molecule has 54 heavy (non-hydrogen) atoms. The average Bonchev–Trinajstić information content (AvgIpc) is 3.79. The fourth-order valence-electron chi connectivity index (χ4n) is 5.27. The lowest BCUT2D eigenvalue weighted by atomic mass is 10.1. The van der Waals surface area contributed by atoms with Gasteiger partial charge in [-0.1, -0.05) is 0 Å². The Bertz CT molecular complexity index is 2300. The number of nitrogens with two attached hydrogens (primary N) is 2. The number of aliphatic hydroxyl groups excluding tert-OH is 3. The molecule has 298 valence electrons. The highest BCUT2D eigenvalue weighted by atomic mass is 31.3. The summed E-state index contributed by atoms with van der Waals surface area (Å²) in [6.45, 7) is -2.40. The molecular weight excluding hydrogens is 824 g/mol. The number of ether oxygens (including phenoxy) is 2. The van der Waals surface area contributed by atoms with Crippen molar-refractivity contribution in [1.82, 2.24) is 39.0 Å². The molecule has 2 aliphatic heterocycles. The van der Waals surface area contributed by atoms with Crippen molar-refractivity contribution < 1.29 is 89.7 Å². The lowest BCUT2D eigenvalue weighted by molar-refractivity contribution is -0.339. The van der Waals surface area contributed by atoms with Crippen LogP contribution < -0.4 is 41.5 Å². The Balaban J connectivity index is 1.18. The van der Waals surface area contributed by atoms with E-state index in [1.54, 1.807) is 0 Å². The quantitative estimate of drug-likeness (QED) is 0.0643. The van der Waals surface area contributed by atoms with Crippen molar-refractivity contribution in [1.29, 1.82) is 0 Å². The maximum absolute atomic E-state index is 13.1. The molecule has 3 unspecified atom stereocenters. The Hall–Kier alpha value is -3.18. The Morgan fingerprint density at radius 2 is 1.35 bits per heavy atom. The third kappa shape index (κ3) is 8.62. The minimum absolute atomic E-state index is 0.0538. The molecule has 0 saturated carbocycles. The molecule has 0 radical (unpaired) electrons. The molecule has 0 amide bonds. The van der Waals surface area contributed by atoms with Crippen molar-refractivity contribution in [3.8, 4) is 0 Å². The molecule has 4 aromatic heterocycles. The summed E-state index contributed by atoms with van der Waals surface area (Å²) in [4.78, 5) is 91.8. The summed E-state index contributed by atoms with van der Waals surface area (Å²) in [5, 5.41) is 32.3. The number of nitrogen functional groups attached to an aromatic ring is 2. The standard InChI is InChI=1S/C20H28N10O20P4/c21-14-8-15(24-3-23-14)29(4-25-8)19-13(11(32)7(47-19)2-45-53(40,41)50-54(42,43)49-51(35,36)37)48-52(38,39)44-1-6-10(31)12(33)18(46-6)30-5-26-9-16(30)27-20(22)28-17(9)34/h3-7,10-13,18-19,31-33H,1-2H2,(H,38,39)(H,40,41)(H,42,43)(H2,21,23,24)(H2,35,36,37)(H3,22,27,28,34)/p-5/t6-,7-,10-,11-,12-,13-,18-,19-/m1/s1. The van der Waals surface area contributed by atoms with Gasteiger partial charge in [-0.15, -0.1) is 0 Å². The van der Waals surface area contributed by atoms with Gasteiger partial charge in [0.25, 0.3) is 29.0 Å². The first kappa shape index (κ1) is 40.5. The van der Waals surface area contributed by atoms with Crippen LogP contribution in [0.3, 0.4) is 0 Å². The lowest BCUT2D eigenvalue weighted by Crippen LogP contribution is -2.37. The minimum atomic E-state index is -6.36. The lowest BCUT2D eigenvalue weighted by Gasteiger charge is -2.37. The SMILES string of the molecule is Nc1nc2c(ncn2[C@@H]2O[C@H](COP(=O)([O-])O[C@@H]3[C@H](O)[C@@H](COP(=O)([O-])OP(=O)([O-])OP(=O)([O-])[O-])O[C@H]3n3cnc4c(N)ncnc43)[C@@H](O)[C@H]2O)c(=O)[nH]1. The zero-order valence-corrected chi connectivity index (χ0v) is 29.7. The predicted molar refractivity (Wildman–Crippen MR) is 158 cm³/mol. The number of aromatic nitrogens is 8. The minimum Gasteiger partial charge on any atom is -0.790 e. The van der Waals surface area contributed by atoms with E-state index in [1.165, 1.54) is 0 Å². The van der Waals surface area contributed by atoms with Gasteiger partial charge >= 0.3 is 0 Å². The van der Waals surface area contributed by atoms with Gasteiger partial charge in [-0.3, -0.25) is 36.9 Å². The summed E-state index contributed by atoms with van der Waals surface area (Å²) in [5.74, 6) is -0.476. The zero-order chi connectivity index (χ0) is 39.5. The molecule has 4 aromatic rings. The van der Waals surface area contributed by atoms with E-state index in [0.717, 1.165) is 28.1 Å². The van der Waals surface area contributed by atoms with Crippen LogP contribution in [-0.4, -0.2) is 104 Å². The number of imidazole rings is 2. The molecule has 11 atom stereocenters. The van der Waals surface area contributed by atoms with Crippen LogP contribution in [-0.2, 0) is 49.9 Å². The molecule has 0 spiro atoms. The molecule has 8 N–H and O–H groups in total. The first-order valence-corrected chi connectivity index (χ1v) is 20.2. The third-order valence-corrected chi connectivity index (χ3v) is 12.1. The van der Waals surface area contributed by atoms with Gasteiger partial charge in [0.2, 0.25) is 5.95 Å². The van der Waals surface area contributed by atoms with Crippen LogP contribution in [0.25, 0.3) is 22.3 Å². The number of phosphoric ester groups is 2. The van der Waals surface area contributed by atoms with Crippen molar-refractivity contribution >= 4 is 65.4 Å². The van der Waals surface area contributed by atoms with Crippen LogP contribution in [0.5, 0.6) is 0 Å². The second-order valence-electron chi connectivity index (χ2n) is 11.1. The number of fused-ring (bicyclic) bond motifs is 2. The van der Waals surface area contributed by atoms with Crippen LogP contribution in [0.1, 0.15) is 12.5 Å². The normalized spacial score (nSPS) is 29.7. The van der Waals surface area contributed by atoms with Gasteiger partial charge in [0.15, 0.2) is 35.1 Å². The summed E-state index contributed by atoms with van der Waals surface area (Å²) in [7, 11) is -24.4. The van der Waals surface area contributed by atoms with E-state index in [0.29, 0.717) is 0 Å². The topological polar surface area (TPSA) is 468 Å². The molecule has 6 rings (SSSR count). The monoisotopic (exact) mass is 847 g/mol. The molecule has 2 aliphatic rings. The van der Waals surface area contributed by atoms with Crippen LogP contribution in [0.15, 0.2) is 23.8 Å². The number of hydrogen-bond acceptors (Lipinski definition) is 27. The highest BCUT2D eigenvalue weighted by Gasteiger charge is 2.49. The molecule has 0 bridgehead atoms.